The molecule has 0 bridgehead atoms. The Kier molecular flexibility index (Phi) is 2.09. The first-order valence-electron chi connectivity index (χ1n) is 2.83. The van der Waals surface area contributed by atoms with Crippen molar-refractivity contribution in [3.8, 4) is 0 Å². The lowest BCUT2D eigenvalue weighted by atomic mass is 10.2. The zero-order chi connectivity index (χ0) is 8.48. The molecule has 0 aliphatic heterocycles. The molecule has 0 N–H and O–H groups in total. The van der Waals surface area contributed by atoms with Crippen LogP contribution in [0.3, 0.4) is 0 Å². The molecule has 0 aromatic heterocycles. The van der Waals surface area contributed by atoms with E-state index < -0.39 is 16.8 Å². The average molecular weight is 181 g/mol. The summed E-state index contributed by atoms with van der Waals surface area (Å²) in [6.45, 7) is 0. The molecule has 4 heteroatoms. The largest absolute Gasteiger partial charge is 0.351 e. The highest BCUT2D eigenvalue weighted by atomic mass is 35.5. The summed E-state index contributed by atoms with van der Waals surface area (Å²) in [6, 6.07) is 4.50. The smallest absolute Gasteiger partial charge is 0.206 e. The zero-order valence-electron chi connectivity index (χ0n) is 5.32. The average Bonchev–Trinajstić information content (AvgIpc) is 1.86. The van der Waals surface area contributed by atoms with Crippen molar-refractivity contribution in [2.45, 2.75) is 5.38 Å². The highest BCUT2D eigenvalue weighted by Crippen LogP contribution is 2.33. The van der Waals surface area contributed by atoms with Gasteiger partial charge < -0.3 is 0 Å². The molecule has 1 rings (SSSR count). The normalized spacial score (nSPS) is 11.6. The summed E-state index contributed by atoms with van der Waals surface area (Å²) in [7, 11) is 0. The zero-order valence-corrected chi connectivity index (χ0v) is 6.08. The van der Waals surface area contributed by atoms with Crippen LogP contribution in [0.4, 0.5) is 13.2 Å². The fraction of sp³-hybridized carbons (Fsp3) is 0.143. The second kappa shape index (κ2) is 2.74. The molecule has 0 heterocycles. The highest BCUT2D eigenvalue weighted by molar-refractivity contribution is 6.21. The van der Waals surface area contributed by atoms with Crippen LogP contribution in [0.5, 0.6) is 0 Å². The fourth-order valence-electron chi connectivity index (χ4n) is 0.691. The molecule has 0 amide bonds. The van der Waals surface area contributed by atoms with Crippen LogP contribution in [0.1, 0.15) is 5.56 Å². The van der Waals surface area contributed by atoms with Crippen molar-refractivity contribution in [3.05, 3.63) is 35.6 Å². The lowest BCUT2D eigenvalue weighted by molar-refractivity contribution is 0.0906. The maximum absolute atomic E-state index is 12.5. The molecule has 11 heavy (non-hydrogen) atoms. The van der Waals surface area contributed by atoms with Crippen LogP contribution in [0.2, 0.25) is 0 Å². The minimum atomic E-state index is -3.62. The van der Waals surface area contributed by atoms with Crippen LogP contribution in [-0.2, 0) is 5.38 Å². The second-order valence-electron chi connectivity index (χ2n) is 1.98. The summed E-state index contributed by atoms with van der Waals surface area (Å²) in [5, 5.41) is -3.62. The molecule has 0 atom stereocenters. The standard InChI is InChI=1S/C7H4ClF3/c8-7(10,11)5-3-1-2-4-6(5)9/h1-4H. The third-order valence-corrected chi connectivity index (χ3v) is 1.38. The van der Waals surface area contributed by atoms with E-state index in [0.717, 1.165) is 12.1 Å². The number of rotatable bonds is 1. The van der Waals surface area contributed by atoms with E-state index in [4.69, 9.17) is 0 Å². The lowest BCUT2D eigenvalue weighted by Gasteiger charge is -2.07. The Balaban J connectivity index is 3.14. The fourth-order valence-corrected chi connectivity index (χ4v) is 0.844. The minimum Gasteiger partial charge on any atom is -0.206 e. The molecule has 0 saturated carbocycles. The Morgan fingerprint density at radius 2 is 1.73 bits per heavy atom. The van der Waals surface area contributed by atoms with Crippen molar-refractivity contribution in [2.75, 3.05) is 0 Å². The molecule has 0 spiro atoms. The van der Waals surface area contributed by atoms with Gasteiger partial charge in [-0.25, -0.2) is 4.39 Å². The van der Waals surface area contributed by atoms with Gasteiger partial charge in [0, 0.05) is 0 Å². The van der Waals surface area contributed by atoms with E-state index in [9.17, 15) is 13.2 Å². The monoisotopic (exact) mass is 180 g/mol. The van der Waals surface area contributed by atoms with Crippen LogP contribution in [0.25, 0.3) is 0 Å². The Morgan fingerprint density at radius 1 is 1.18 bits per heavy atom. The van der Waals surface area contributed by atoms with Crippen LogP contribution in [0.15, 0.2) is 24.3 Å². The molecule has 0 radical (unpaired) electrons. The Hall–Kier alpha value is -0.700. The van der Waals surface area contributed by atoms with Gasteiger partial charge in [-0.15, -0.1) is 0 Å². The van der Waals surface area contributed by atoms with E-state index in [-0.39, 0.29) is 0 Å². The molecule has 60 valence electrons. The van der Waals surface area contributed by atoms with E-state index in [1.54, 1.807) is 0 Å². The van der Waals surface area contributed by atoms with Crippen LogP contribution in [-0.4, -0.2) is 0 Å². The first-order valence-corrected chi connectivity index (χ1v) is 3.21. The van der Waals surface area contributed by atoms with Gasteiger partial charge >= 0.3 is 5.38 Å². The van der Waals surface area contributed by atoms with Gasteiger partial charge in [0.2, 0.25) is 0 Å². The van der Waals surface area contributed by atoms with E-state index in [0.29, 0.717) is 0 Å². The molecule has 0 aliphatic rings. The number of hydrogen-bond acceptors (Lipinski definition) is 0. The number of hydrogen-bond donors (Lipinski definition) is 0. The van der Waals surface area contributed by atoms with E-state index in [1.807, 2.05) is 0 Å². The van der Waals surface area contributed by atoms with Gasteiger partial charge in [0.15, 0.2) is 0 Å². The summed E-state index contributed by atoms with van der Waals surface area (Å²) in [5.41, 5.74) is -0.790. The summed E-state index contributed by atoms with van der Waals surface area (Å²) < 4.78 is 37.0. The topological polar surface area (TPSA) is 0 Å². The van der Waals surface area contributed by atoms with Crippen LogP contribution in [0, 0.1) is 5.82 Å². The first-order chi connectivity index (χ1) is 5.02. The molecule has 1 aromatic rings. The van der Waals surface area contributed by atoms with Crippen molar-refractivity contribution in [1.82, 2.24) is 0 Å². The van der Waals surface area contributed by atoms with E-state index in [1.165, 1.54) is 12.1 Å². The van der Waals surface area contributed by atoms with Crippen molar-refractivity contribution >= 4 is 11.6 Å². The maximum Gasteiger partial charge on any atom is 0.351 e. The highest BCUT2D eigenvalue weighted by Gasteiger charge is 2.30. The Bertz CT molecular complexity index is 254. The second-order valence-corrected chi connectivity index (χ2v) is 2.45. The molecule has 0 nitrogen and oxygen atoms in total. The molecule has 0 aliphatic carbocycles. The van der Waals surface area contributed by atoms with Gasteiger partial charge in [0.05, 0.1) is 5.56 Å². The molecule has 1 aromatic carbocycles. The predicted octanol–water partition coefficient (Wildman–Crippen LogP) is 3.11. The van der Waals surface area contributed by atoms with E-state index in [2.05, 4.69) is 11.6 Å². The molecule has 0 fully saturated rings. The molecule has 0 unspecified atom stereocenters. The first kappa shape index (κ1) is 8.40. The van der Waals surface area contributed by atoms with Crippen molar-refractivity contribution in [2.24, 2.45) is 0 Å². The number of alkyl halides is 3. The number of benzene rings is 1. The third kappa shape index (κ3) is 1.87. The SMILES string of the molecule is Fc1ccccc1C(F)(F)Cl. The summed E-state index contributed by atoms with van der Waals surface area (Å²) in [4.78, 5) is 0. The van der Waals surface area contributed by atoms with Crippen molar-refractivity contribution in [1.29, 1.82) is 0 Å². The lowest BCUT2D eigenvalue weighted by Crippen LogP contribution is -2.05. The van der Waals surface area contributed by atoms with Gasteiger partial charge in [-0.1, -0.05) is 12.1 Å². The van der Waals surface area contributed by atoms with Crippen molar-refractivity contribution in [3.63, 3.8) is 0 Å². The quantitative estimate of drug-likeness (QED) is 0.583. The van der Waals surface area contributed by atoms with Gasteiger partial charge in [0.25, 0.3) is 0 Å². The van der Waals surface area contributed by atoms with E-state index >= 15 is 0 Å². The van der Waals surface area contributed by atoms with Crippen LogP contribution < -0.4 is 0 Å². The summed E-state index contributed by atoms with van der Waals surface area (Å²) in [5.74, 6) is -0.993. The molecule has 0 saturated heterocycles. The van der Waals surface area contributed by atoms with Gasteiger partial charge in [-0.2, -0.15) is 8.78 Å². The van der Waals surface area contributed by atoms with Gasteiger partial charge in [-0.3, -0.25) is 0 Å². The van der Waals surface area contributed by atoms with Crippen LogP contribution >= 0.6 is 11.6 Å². The predicted molar refractivity (Wildman–Crippen MR) is 36.1 cm³/mol. The third-order valence-electron chi connectivity index (χ3n) is 1.18. The summed E-state index contributed by atoms with van der Waals surface area (Å²) >= 11 is 4.59. The van der Waals surface area contributed by atoms with Gasteiger partial charge in [-0.05, 0) is 23.7 Å². The van der Waals surface area contributed by atoms with Gasteiger partial charge in [0.1, 0.15) is 5.82 Å². The number of halogens is 4. The maximum atomic E-state index is 12.5. The molecular weight excluding hydrogens is 177 g/mol. The van der Waals surface area contributed by atoms with Crippen molar-refractivity contribution < 1.29 is 13.2 Å². The minimum absolute atomic E-state index is 0.790. The Morgan fingerprint density at radius 3 is 2.09 bits per heavy atom. The summed E-state index contributed by atoms with van der Waals surface area (Å²) in [6.07, 6.45) is 0. The Labute approximate surface area is 66.6 Å². The molecular formula is C7H4ClF3.